The van der Waals surface area contributed by atoms with Gasteiger partial charge in [-0.1, -0.05) is 308 Å². The number of amides is 1. The third-order valence-corrected chi connectivity index (χ3v) is 15.0. The smallest absolute Gasteiger partial charge is 0.305 e. The Kier molecular flexibility index (Phi) is 59.5. The van der Waals surface area contributed by atoms with Crippen molar-refractivity contribution in [2.45, 2.75) is 366 Å². The molecule has 2 atom stereocenters. The first-order valence-electron chi connectivity index (χ1n) is 32.1. The summed E-state index contributed by atoms with van der Waals surface area (Å²) < 4.78 is 5.50. The normalized spacial score (nSPS) is 12.7. The number of esters is 1. The Morgan fingerprint density at radius 1 is 0.380 bits per heavy atom. The molecule has 0 aliphatic heterocycles. The van der Waals surface area contributed by atoms with Gasteiger partial charge in [-0.15, -0.1) is 0 Å². The van der Waals surface area contributed by atoms with E-state index in [4.69, 9.17) is 4.74 Å². The molecule has 0 aromatic carbocycles. The van der Waals surface area contributed by atoms with E-state index in [1.54, 1.807) is 6.08 Å². The molecule has 6 heteroatoms. The van der Waals surface area contributed by atoms with E-state index in [1.807, 2.05) is 6.08 Å². The number of nitrogens with one attached hydrogen (secondary N) is 1. The van der Waals surface area contributed by atoms with Gasteiger partial charge in [-0.05, 0) is 57.8 Å². The average Bonchev–Trinajstić information content (AvgIpc) is 3.37. The summed E-state index contributed by atoms with van der Waals surface area (Å²) in [5.41, 5.74) is 0. The summed E-state index contributed by atoms with van der Waals surface area (Å²) in [6.07, 6.45) is 75.1. The molecule has 0 saturated carbocycles. The number of hydrogen-bond acceptors (Lipinski definition) is 5. The van der Waals surface area contributed by atoms with E-state index in [2.05, 4.69) is 31.3 Å². The summed E-state index contributed by atoms with van der Waals surface area (Å²) in [5.74, 6) is -0.0641. The first kappa shape index (κ1) is 69.3. The standard InChI is InChI=1S/C65H125NO5/c1-3-5-7-9-11-13-15-17-19-20-23-27-31-35-39-43-47-51-55-59-65(70)71-60-56-52-48-44-40-36-32-28-25-22-21-24-26-30-34-38-42-46-50-54-58-64(69)66-62(61-67)63(68)57-53-49-45-41-37-33-29-18-16-14-12-10-8-6-4-2/h21,24,53,57,62-63,67-68H,3-20,22-23,25-52,54-56,58-61H2,1-2H3,(H,66,69)/b24-21-,57-53+. The molecule has 6 nitrogen and oxygen atoms in total. The Labute approximate surface area is 443 Å². The molecule has 0 saturated heterocycles. The molecule has 0 aromatic rings. The predicted octanol–water partition coefficient (Wildman–Crippen LogP) is 20.2. The maximum Gasteiger partial charge on any atom is 0.305 e. The zero-order chi connectivity index (χ0) is 51.4. The van der Waals surface area contributed by atoms with Crippen LogP contribution in [0.25, 0.3) is 0 Å². The molecule has 0 aliphatic carbocycles. The Bertz CT molecular complexity index is 1110. The van der Waals surface area contributed by atoms with Crippen LogP contribution in [-0.4, -0.2) is 47.4 Å². The van der Waals surface area contributed by atoms with Crippen molar-refractivity contribution in [2.24, 2.45) is 0 Å². The maximum atomic E-state index is 12.5. The van der Waals surface area contributed by atoms with Crippen molar-refractivity contribution in [1.82, 2.24) is 5.32 Å². The SMILES string of the molecule is CCCCCCCCCCCCCCC/C=C/C(O)C(CO)NC(=O)CCCCCCCCC/C=C\CCCCCCCCCCCOC(=O)CCCCCCCCCCCCCCCCCCCCC. The minimum absolute atomic E-state index is 0.0108. The second kappa shape index (κ2) is 60.9. The van der Waals surface area contributed by atoms with Crippen LogP contribution in [0.15, 0.2) is 24.3 Å². The molecule has 0 rings (SSSR count). The number of carbonyl (C=O) groups is 2. The number of aliphatic hydroxyl groups excluding tert-OH is 2. The van der Waals surface area contributed by atoms with Gasteiger partial charge in [-0.2, -0.15) is 0 Å². The van der Waals surface area contributed by atoms with Crippen molar-refractivity contribution >= 4 is 11.9 Å². The van der Waals surface area contributed by atoms with Crippen molar-refractivity contribution < 1.29 is 24.5 Å². The first-order valence-corrected chi connectivity index (χ1v) is 32.1. The molecule has 0 aliphatic rings. The number of ether oxygens (including phenoxy) is 1. The van der Waals surface area contributed by atoms with Gasteiger partial charge in [0.05, 0.1) is 25.4 Å². The fourth-order valence-electron chi connectivity index (χ4n) is 10.0. The number of aliphatic hydroxyl groups is 2. The highest BCUT2D eigenvalue weighted by Gasteiger charge is 2.18. The quantitative estimate of drug-likeness (QED) is 0.0320. The van der Waals surface area contributed by atoms with E-state index in [9.17, 15) is 19.8 Å². The molecule has 0 aromatic heterocycles. The minimum Gasteiger partial charge on any atom is -0.466 e. The van der Waals surface area contributed by atoms with Crippen LogP contribution in [0, 0.1) is 0 Å². The summed E-state index contributed by atoms with van der Waals surface area (Å²) in [7, 11) is 0. The summed E-state index contributed by atoms with van der Waals surface area (Å²) in [6.45, 7) is 4.92. The van der Waals surface area contributed by atoms with Crippen molar-refractivity contribution in [3.05, 3.63) is 24.3 Å². The molecule has 3 N–H and O–H groups in total. The molecular formula is C65H125NO5. The van der Waals surface area contributed by atoms with Crippen molar-refractivity contribution in [1.29, 1.82) is 0 Å². The first-order chi connectivity index (χ1) is 35.0. The molecule has 71 heavy (non-hydrogen) atoms. The fraction of sp³-hybridized carbons (Fsp3) is 0.908. The van der Waals surface area contributed by atoms with Gasteiger partial charge in [-0.3, -0.25) is 9.59 Å². The monoisotopic (exact) mass is 1000 g/mol. The Balaban J connectivity index is 3.42. The average molecular weight is 1000 g/mol. The summed E-state index contributed by atoms with van der Waals surface area (Å²) >= 11 is 0. The van der Waals surface area contributed by atoms with Gasteiger partial charge in [0, 0.05) is 12.8 Å². The predicted molar refractivity (Wildman–Crippen MR) is 310 cm³/mol. The second-order valence-corrected chi connectivity index (χ2v) is 22.1. The van der Waals surface area contributed by atoms with Gasteiger partial charge < -0.3 is 20.3 Å². The minimum atomic E-state index is -0.849. The highest BCUT2D eigenvalue weighted by molar-refractivity contribution is 5.76. The number of carbonyl (C=O) groups excluding carboxylic acids is 2. The third-order valence-electron chi connectivity index (χ3n) is 15.0. The van der Waals surface area contributed by atoms with E-state index >= 15 is 0 Å². The Morgan fingerprint density at radius 3 is 1.00 bits per heavy atom. The summed E-state index contributed by atoms with van der Waals surface area (Å²) in [5, 5.41) is 23.1. The van der Waals surface area contributed by atoms with E-state index in [0.717, 1.165) is 44.9 Å². The van der Waals surface area contributed by atoms with Gasteiger partial charge >= 0.3 is 5.97 Å². The molecule has 0 fully saturated rings. The van der Waals surface area contributed by atoms with E-state index in [1.165, 1.54) is 283 Å². The molecule has 0 bridgehead atoms. The molecule has 420 valence electrons. The van der Waals surface area contributed by atoms with Gasteiger partial charge in [0.1, 0.15) is 0 Å². The summed E-state index contributed by atoms with van der Waals surface area (Å²) in [4.78, 5) is 24.6. The largest absolute Gasteiger partial charge is 0.466 e. The lowest BCUT2D eigenvalue weighted by Crippen LogP contribution is -2.45. The maximum absolute atomic E-state index is 12.5. The zero-order valence-electron chi connectivity index (χ0n) is 48.0. The highest BCUT2D eigenvalue weighted by Crippen LogP contribution is 2.18. The molecule has 2 unspecified atom stereocenters. The molecule has 0 spiro atoms. The van der Waals surface area contributed by atoms with Crippen LogP contribution in [0.4, 0.5) is 0 Å². The van der Waals surface area contributed by atoms with Crippen LogP contribution in [0.3, 0.4) is 0 Å². The lowest BCUT2D eigenvalue weighted by Gasteiger charge is -2.20. The van der Waals surface area contributed by atoms with Gasteiger partial charge in [-0.25, -0.2) is 0 Å². The van der Waals surface area contributed by atoms with E-state index in [0.29, 0.717) is 19.4 Å². The number of hydrogen-bond donors (Lipinski definition) is 3. The number of rotatable bonds is 60. The van der Waals surface area contributed by atoms with E-state index in [-0.39, 0.29) is 18.5 Å². The molecule has 0 radical (unpaired) electrons. The van der Waals surface area contributed by atoms with Gasteiger partial charge in [0.15, 0.2) is 0 Å². The van der Waals surface area contributed by atoms with Gasteiger partial charge in [0.25, 0.3) is 0 Å². The van der Waals surface area contributed by atoms with Crippen LogP contribution < -0.4 is 5.32 Å². The molecular weight excluding hydrogens is 875 g/mol. The lowest BCUT2D eigenvalue weighted by atomic mass is 10.0. The van der Waals surface area contributed by atoms with Crippen LogP contribution >= 0.6 is 0 Å². The number of unbranched alkanes of at least 4 members (excludes halogenated alkanes) is 47. The topological polar surface area (TPSA) is 95.9 Å². The lowest BCUT2D eigenvalue weighted by molar-refractivity contribution is -0.143. The Hall–Kier alpha value is -1.66. The van der Waals surface area contributed by atoms with Crippen molar-refractivity contribution in [3.8, 4) is 0 Å². The molecule has 1 amide bonds. The third kappa shape index (κ3) is 57.5. The Morgan fingerprint density at radius 2 is 0.662 bits per heavy atom. The zero-order valence-corrected chi connectivity index (χ0v) is 48.0. The van der Waals surface area contributed by atoms with Crippen LogP contribution in [0.1, 0.15) is 354 Å². The van der Waals surface area contributed by atoms with Crippen molar-refractivity contribution in [2.75, 3.05) is 13.2 Å². The van der Waals surface area contributed by atoms with Crippen LogP contribution in [-0.2, 0) is 14.3 Å². The van der Waals surface area contributed by atoms with Gasteiger partial charge in [0.2, 0.25) is 5.91 Å². The number of allylic oxidation sites excluding steroid dienone is 3. The van der Waals surface area contributed by atoms with Crippen LogP contribution in [0.5, 0.6) is 0 Å². The van der Waals surface area contributed by atoms with E-state index < -0.39 is 12.1 Å². The van der Waals surface area contributed by atoms with Crippen molar-refractivity contribution in [3.63, 3.8) is 0 Å². The fourth-order valence-corrected chi connectivity index (χ4v) is 10.0. The molecule has 0 heterocycles. The summed E-state index contributed by atoms with van der Waals surface area (Å²) in [6, 6.07) is -0.634. The van der Waals surface area contributed by atoms with Crippen LogP contribution in [0.2, 0.25) is 0 Å². The highest BCUT2D eigenvalue weighted by atomic mass is 16.5. The second-order valence-electron chi connectivity index (χ2n) is 22.1.